The van der Waals surface area contributed by atoms with E-state index >= 15 is 0 Å². The van der Waals surface area contributed by atoms with Crippen LogP contribution in [0.3, 0.4) is 0 Å². The zero-order valence-corrected chi connectivity index (χ0v) is 7.31. The molecule has 72 valence electrons. The van der Waals surface area contributed by atoms with Crippen molar-refractivity contribution in [2.45, 2.75) is 6.18 Å². The van der Waals surface area contributed by atoms with Crippen molar-refractivity contribution < 1.29 is 13.2 Å². The van der Waals surface area contributed by atoms with E-state index in [1.54, 1.807) is 18.2 Å². The lowest BCUT2D eigenvalue weighted by Crippen LogP contribution is -2.26. The maximum Gasteiger partial charge on any atom is 0.407 e. The van der Waals surface area contributed by atoms with E-state index < -0.39 is 12.7 Å². The summed E-state index contributed by atoms with van der Waals surface area (Å²) in [5.74, 6) is 0. The van der Waals surface area contributed by atoms with Crippen LogP contribution in [0.1, 0.15) is 0 Å². The fourth-order valence-electron chi connectivity index (χ4n) is 0.838. The van der Waals surface area contributed by atoms with Gasteiger partial charge in [-0.25, -0.2) is 0 Å². The number of hydrogen-bond acceptors (Lipinski definition) is 1. The molecule has 0 saturated heterocycles. The van der Waals surface area contributed by atoms with Crippen molar-refractivity contribution >= 4 is 17.5 Å². The first-order valence-electron chi connectivity index (χ1n) is 3.54. The molecule has 1 rings (SSSR count). The van der Waals surface area contributed by atoms with Crippen molar-refractivity contribution in [3.05, 3.63) is 30.3 Å². The van der Waals surface area contributed by atoms with Gasteiger partial charge in [0.2, 0.25) is 0 Å². The van der Waals surface area contributed by atoms with Crippen LogP contribution in [-0.2, 0) is 0 Å². The van der Waals surface area contributed by atoms with Crippen LogP contribution in [0.25, 0.3) is 0 Å². The maximum absolute atomic E-state index is 11.9. The number of alkyl halides is 3. The summed E-state index contributed by atoms with van der Waals surface area (Å²) in [7, 11) is 0. The molecule has 0 spiro atoms. The summed E-state index contributed by atoms with van der Waals surface area (Å²) in [6, 6.07) is 7.99. The minimum absolute atomic E-state index is 0.335. The summed E-state index contributed by atoms with van der Waals surface area (Å²) < 4.78 is 36.2. The van der Waals surface area contributed by atoms with Crippen molar-refractivity contribution in [2.75, 3.05) is 11.0 Å². The molecule has 0 fully saturated rings. The van der Waals surface area contributed by atoms with Crippen LogP contribution in [0.2, 0.25) is 0 Å². The fraction of sp³-hybridized carbons (Fsp3) is 0.250. The summed E-state index contributed by atoms with van der Waals surface area (Å²) in [6.45, 7) is -1.15. The summed E-state index contributed by atoms with van der Waals surface area (Å²) >= 11 is 5.40. The van der Waals surface area contributed by atoms with Crippen LogP contribution in [0.15, 0.2) is 30.3 Å². The molecule has 0 radical (unpaired) electrons. The molecule has 1 aromatic carbocycles. The van der Waals surface area contributed by atoms with Gasteiger partial charge < -0.3 is 0 Å². The average molecular weight is 210 g/mol. The smallest absolute Gasteiger partial charge is 0.276 e. The van der Waals surface area contributed by atoms with E-state index in [0.29, 0.717) is 10.1 Å². The van der Waals surface area contributed by atoms with Crippen molar-refractivity contribution in [1.82, 2.24) is 0 Å². The van der Waals surface area contributed by atoms with Gasteiger partial charge in [0.1, 0.15) is 6.54 Å². The first-order valence-corrected chi connectivity index (χ1v) is 3.88. The van der Waals surface area contributed by atoms with Gasteiger partial charge in [-0.15, -0.1) is 0 Å². The Hall–Kier alpha value is -0.900. The van der Waals surface area contributed by atoms with E-state index in [1.165, 1.54) is 12.1 Å². The number of benzene rings is 1. The number of hydrogen-bond donors (Lipinski definition) is 0. The molecular formula is C8H7ClF3N. The van der Waals surface area contributed by atoms with E-state index in [4.69, 9.17) is 11.8 Å². The third-order valence-corrected chi connectivity index (χ3v) is 1.67. The number of rotatable bonds is 2. The van der Waals surface area contributed by atoms with Gasteiger partial charge in [0.05, 0.1) is 5.69 Å². The molecule has 0 atom stereocenters. The average Bonchev–Trinajstić information content (AvgIpc) is 2.03. The van der Waals surface area contributed by atoms with Gasteiger partial charge in [-0.1, -0.05) is 18.2 Å². The predicted molar refractivity (Wildman–Crippen MR) is 45.7 cm³/mol. The first kappa shape index (κ1) is 10.2. The summed E-state index contributed by atoms with van der Waals surface area (Å²) in [5, 5.41) is 0. The Morgan fingerprint density at radius 2 is 1.69 bits per heavy atom. The second-order valence-electron chi connectivity index (χ2n) is 2.47. The van der Waals surface area contributed by atoms with Crippen molar-refractivity contribution in [3.8, 4) is 0 Å². The van der Waals surface area contributed by atoms with Gasteiger partial charge >= 0.3 is 6.18 Å². The summed E-state index contributed by atoms with van der Waals surface area (Å²) in [4.78, 5) is 0. The normalized spacial score (nSPS) is 11.4. The predicted octanol–water partition coefficient (Wildman–Crippen LogP) is 3.21. The van der Waals surface area contributed by atoms with E-state index in [0.717, 1.165) is 0 Å². The molecule has 0 aliphatic carbocycles. The standard InChI is InChI=1S/C8H7ClF3N/c9-13(6-8(10,11)12)7-4-2-1-3-5-7/h1-5H,6H2. The summed E-state index contributed by atoms with van der Waals surface area (Å²) in [5.41, 5.74) is 0.335. The van der Waals surface area contributed by atoms with Crippen molar-refractivity contribution in [3.63, 3.8) is 0 Å². The third kappa shape index (κ3) is 3.55. The topological polar surface area (TPSA) is 3.24 Å². The minimum Gasteiger partial charge on any atom is -0.276 e. The zero-order chi connectivity index (χ0) is 9.90. The molecule has 0 aromatic heterocycles. The molecule has 0 amide bonds. The molecule has 1 nitrogen and oxygen atoms in total. The highest BCUT2D eigenvalue weighted by atomic mass is 35.5. The van der Waals surface area contributed by atoms with E-state index in [2.05, 4.69) is 0 Å². The Morgan fingerprint density at radius 3 is 2.15 bits per heavy atom. The second kappa shape index (κ2) is 3.87. The Kier molecular flexibility index (Phi) is 3.03. The highest BCUT2D eigenvalue weighted by Crippen LogP contribution is 2.23. The quantitative estimate of drug-likeness (QED) is 0.676. The van der Waals surface area contributed by atoms with Crippen molar-refractivity contribution in [2.24, 2.45) is 0 Å². The highest BCUT2D eigenvalue weighted by Gasteiger charge is 2.30. The number of para-hydroxylation sites is 1. The van der Waals surface area contributed by atoms with Crippen LogP contribution in [0, 0.1) is 0 Å². The van der Waals surface area contributed by atoms with Crippen molar-refractivity contribution in [1.29, 1.82) is 0 Å². The second-order valence-corrected chi connectivity index (χ2v) is 2.88. The number of nitrogens with zero attached hydrogens (tertiary/aromatic N) is 1. The fourth-order valence-corrected chi connectivity index (χ4v) is 1.09. The minimum atomic E-state index is -4.28. The molecule has 0 N–H and O–H groups in total. The largest absolute Gasteiger partial charge is 0.407 e. The molecule has 0 unspecified atom stereocenters. The van der Waals surface area contributed by atoms with Gasteiger partial charge in [0.15, 0.2) is 0 Å². The molecule has 5 heteroatoms. The Balaban J connectivity index is 2.64. The molecule has 0 heterocycles. The monoisotopic (exact) mass is 209 g/mol. The molecule has 0 aliphatic rings. The maximum atomic E-state index is 11.9. The van der Waals surface area contributed by atoms with Crippen LogP contribution < -0.4 is 4.42 Å². The van der Waals surface area contributed by atoms with Crippen LogP contribution in [0.4, 0.5) is 18.9 Å². The van der Waals surface area contributed by atoms with E-state index in [1.807, 2.05) is 0 Å². The third-order valence-electron chi connectivity index (χ3n) is 1.35. The van der Waals surface area contributed by atoms with Crippen LogP contribution in [0.5, 0.6) is 0 Å². The lowest BCUT2D eigenvalue weighted by molar-refractivity contribution is -0.117. The van der Waals surface area contributed by atoms with Gasteiger partial charge in [0.25, 0.3) is 0 Å². The van der Waals surface area contributed by atoms with Crippen LogP contribution in [-0.4, -0.2) is 12.7 Å². The van der Waals surface area contributed by atoms with E-state index in [-0.39, 0.29) is 0 Å². The lowest BCUT2D eigenvalue weighted by atomic mass is 10.3. The highest BCUT2D eigenvalue weighted by molar-refractivity contribution is 6.25. The molecule has 0 bridgehead atoms. The van der Waals surface area contributed by atoms with Gasteiger partial charge in [0, 0.05) is 11.8 Å². The molecule has 0 aliphatic heterocycles. The Bertz CT molecular complexity index is 260. The number of halogens is 4. The Morgan fingerprint density at radius 1 is 1.15 bits per heavy atom. The molecular weight excluding hydrogens is 203 g/mol. The van der Waals surface area contributed by atoms with Gasteiger partial charge in [-0.3, -0.25) is 4.42 Å². The first-order chi connectivity index (χ1) is 5.99. The van der Waals surface area contributed by atoms with Crippen LogP contribution >= 0.6 is 11.8 Å². The lowest BCUT2D eigenvalue weighted by Gasteiger charge is -2.17. The molecule has 1 aromatic rings. The Labute approximate surface area is 78.8 Å². The van der Waals surface area contributed by atoms with Gasteiger partial charge in [-0.2, -0.15) is 13.2 Å². The molecule has 13 heavy (non-hydrogen) atoms. The summed E-state index contributed by atoms with van der Waals surface area (Å²) in [6.07, 6.45) is -4.28. The van der Waals surface area contributed by atoms with Gasteiger partial charge in [-0.05, 0) is 12.1 Å². The number of anilines is 1. The van der Waals surface area contributed by atoms with E-state index in [9.17, 15) is 13.2 Å². The molecule has 0 saturated carbocycles. The zero-order valence-electron chi connectivity index (χ0n) is 6.55. The SMILES string of the molecule is FC(F)(F)CN(Cl)c1ccccc1.